The van der Waals surface area contributed by atoms with Crippen LogP contribution in [0.15, 0.2) is 151 Å². The van der Waals surface area contributed by atoms with Gasteiger partial charge < -0.3 is 30.6 Å². The van der Waals surface area contributed by atoms with E-state index in [4.69, 9.17) is 25.7 Å². The molecule has 0 spiro atoms. The van der Waals surface area contributed by atoms with Crippen molar-refractivity contribution >= 4 is 30.0 Å². The van der Waals surface area contributed by atoms with E-state index in [1.165, 1.54) is 4.90 Å². The zero-order chi connectivity index (χ0) is 40.6. The van der Waals surface area contributed by atoms with Crippen molar-refractivity contribution in [2.24, 2.45) is 16.5 Å². The van der Waals surface area contributed by atoms with Gasteiger partial charge in [0.2, 0.25) is 5.91 Å². The highest BCUT2D eigenvalue weighted by Gasteiger charge is 2.44. The number of hydrogen-bond donors (Lipinski definition) is 2. The molecule has 0 saturated heterocycles. The lowest BCUT2D eigenvalue weighted by Gasteiger charge is -2.39. The van der Waals surface area contributed by atoms with Gasteiger partial charge in [-0.3, -0.25) is 14.6 Å². The lowest BCUT2D eigenvalue weighted by molar-refractivity contribution is -0.147. The molecule has 4 N–H and O–H groups in total. The molecule has 12 nitrogen and oxygen atoms in total. The van der Waals surface area contributed by atoms with Gasteiger partial charge in [0.25, 0.3) is 5.91 Å². The number of aliphatic imine (C=N–C) groups is 1. The number of ether oxygens (including phenoxy) is 3. The number of amides is 4. The first-order valence-corrected chi connectivity index (χ1v) is 18.5. The molecule has 0 fully saturated rings. The van der Waals surface area contributed by atoms with Gasteiger partial charge in [-0.15, -0.1) is 4.90 Å². The van der Waals surface area contributed by atoms with E-state index in [-0.39, 0.29) is 38.6 Å². The molecule has 294 valence electrons. The monoisotopic (exact) mass is 769 g/mol. The minimum absolute atomic E-state index is 0.0490. The smallest absolute Gasteiger partial charge is 0.426 e. The summed E-state index contributed by atoms with van der Waals surface area (Å²) in [5.74, 6) is -1.92. The Labute approximate surface area is 332 Å². The van der Waals surface area contributed by atoms with Gasteiger partial charge in [-0.2, -0.15) is 0 Å². The fourth-order valence-corrected chi connectivity index (χ4v) is 6.42. The SMILES string of the molecule is COc1ccc([C@H](C)N(C(=O)C(c2ccccc2)c2ccccc2)[C@H](CCCN=C(N)N)C(=O)N(C(=O)OCc2ccccc2)C(=O)OCc2ccccc2)cc1. The number of rotatable bonds is 16. The lowest BCUT2D eigenvalue weighted by Crippen LogP contribution is -2.56. The molecule has 4 amide bonds. The summed E-state index contributed by atoms with van der Waals surface area (Å²) in [5, 5.41) is 0. The molecule has 0 aromatic heterocycles. The normalized spacial score (nSPS) is 11.8. The molecule has 57 heavy (non-hydrogen) atoms. The average Bonchev–Trinajstić information content (AvgIpc) is 3.24. The molecule has 5 rings (SSSR count). The number of benzene rings is 5. The van der Waals surface area contributed by atoms with Crippen molar-refractivity contribution in [3.05, 3.63) is 173 Å². The van der Waals surface area contributed by atoms with Gasteiger partial charge in [0.05, 0.1) is 19.1 Å². The highest BCUT2D eigenvalue weighted by Crippen LogP contribution is 2.35. The van der Waals surface area contributed by atoms with Crippen LogP contribution in [-0.2, 0) is 32.3 Å². The molecule has 0 saturated carbocycles. The second-order valence-electron chi connectivity index (χ2n) is 13.2. The quantitative estimate of drug-likeness (QED) is 0.0593. The Morgan fingerprint density at radius 3 is 1.51 bits per heavy atom. The van der Waals surface area contributed by atoms with E-state index < -0.39 is 42.0 Å². The summed E-state index contributed by atoms with van der Waals surface area (Å²) in [6, 6.07) is 41.0. The number of carbonyl (C=O) groups excluding carboxylic acids is 4. The first kappa shape index (κ1) is 41.2. The van der Waals surface area contributed by atoms with Crippen LogP contribution in [0, 0.1) is 0 Å². The average molecular weight is 770 g/mol. The number of imide groups is 3. The van der Waals surface area contributed by atoms with Crippen molar-refractivity contribution in [2.75, 3.05) is 13.7 Å². The Morgan fingerprint density at radius 1 is 0.614 bits per heavy atom. The third-order valence-electron chi connectivity index (χ3n) is 9.33. The second-order valence-corrected chi connectivity index (χ2v) is 13.2. The molecule has 2 atom stereocenters. The highest BCUT2D eigenvalue weighted by atomic mass is 16.6. The Balaban J connectivity index is 1.63. The molecule has 12 heteroatoms. The fourth-order valence-electron chi connectivity index (χ4n) is 6.42. The van der Waals surface area contributed by atoms with Crippen LogP contribution in [0.2, 0.25) is 0 Å². The van der Waals surface area contributed by atoms with E-state index >= 15 is 9.59 Å². The summed E-state index contributed by atoms with van der Waals surface area (Å²) in [4.78, 5) is 64.6. The third kappa shape index (κ3) is 11.3. The van der Waals surface area contributed by atoms with E-state index in [2.05, 4.69) is 4.99 Å². The fraction of sp³-hybridized carbons (Fsp3) is 0.222. The molecule has 5 aromatic carbocycles. The van der Waals surface area contributed by atoms with Crippen molar-refractivity contribution in [3.8, 4) is 5.75 Å². The largest absolute Gasteiger partial charge is 0.497 e. The van der Waals surface area contributed by atoms with Crippen LogP contribution >= 0.6 is 0 Å². The second kappa shape index (κ2) is 20.7. The van der Waals surface area contributed by atoms with Gasteiger partial charge >= 0.3 is 12.2 Å². The van der Waals surface area contributed by atoms with Gasteiger partial charge in [0.1, 0.15) is 25.0 Å². The maximum Gasteiger partial charge on any atom is 0.426 e. The number of guanidine groups is 1. The maximum atomic E-state index is 15.5. The van der Waals surface area contributed by atoms with Gasteiger partial charge in [0.15, 0.2) is 5.96 Å². The van der Waals surface area contributed by atoms with Crippen LogP contribution in [0.5, 0.6) is 5.75 Å². The maximum absolute atomic E-state index is 15.5. The molecule has 0 aliphatic carbocycles. The predicted molar refractivity (Wildman–Crippen MR) is 217 cm³/mol. The number of nitrogens with two attached hydrogens (primary N) is 2. The van der Waals surface area contributed by atoms with Crippen LogP contribution in [0.4, 0.5) is 9.59 Å². The van der Waals surface area contributed by atoms with Crippen molar-refractivity contribution < 1.29 is 33.4 Å². The molecule has 0 aliphatic heterocycles. The summed E-state index contributed by atoms with van der Waals surface area (Å²) in [6.07, 6.45) is -2.38. The first-order chi connectivity index (χ1) is 27.7. The summed E-state index contributed by atoms with van der Waals surface area (Å²) >= 11 is 0. The molecule has 5 aromatic rings. The van der Waals surface area contributed by atoms with E-state index in [0.717, 1.165) is 0 Å². The number of hydrogen-bond acceptors (Lipinski definition) is 8. The van der Waals surface area contributed by atoms with Crippen LogP contribution in [-0.4, -0.2) is 59.5 Å². The zero-order valence-electron chi connectivity index (χ0n) is 32.0. The predicted octanol–water partition coefficient (Wildman–Crippen LogP) is 7.34. The first-order valence-electron chi connectivity index (χ1n) is 18.5. The Hall–Kier alpha value is -6.95. The summed E-state index contributed by atoms with van der Waals surface area (Å²) < 4.78 is 16.6. The zero-order valence-corrected chi connectivity index (χ0v) is 32.0. The van der Waals surface area contributed by atoms with Crippen molar-refractivity contribution in [1.29, 1.82) is 0 Å². The molecule has 0 aliphatic rings. The molecule has 0 heterocycles. The van der Waals surface area contributed by atoms with Crippen molar-refractivity contribution in [1.82, 2.24) is 9.80 Å². The van der Waals surface area contributed by atoms with E-state index in [9.17, 15) is 9.59 Å². The molecular weight excluding hydrogens is 723 g/mol. The van der Waals surface area contributed by atoms with Crippen LogP contribution in [0.25, 0.3) is 0 Å². The van der Waals surface area contributed by atoms with Crippen LogP contribution in [0.1, 0.15) is 59.5 Å². The minimum atomic E-state index is -1.42. The summed E-state index contributed by atoms with van der Waals surface area (Å²) in [5.41, 5.74) is 14.5. The number of methoxy groups -OCH3 is 1. The molecule has 0 bridgehead atoms. The topological polar surface area (TPSA) is 167 Å². The highest BCUT2D eigenvalue weighted by molar-refractivity contribution is 6.09. The van der Waals surface area contributed by atoms with Crippen LogP contribution < -0.4 is 16.2 Å². The van der Waals surface area contributed by atoms with Crippen molar-refractivity contribution in [3.63, 3.8) is 0 Å². The lowest BCUT2D eigenvalue weighted by atomic mass is 9.88. The molecule has 0 radical (unpaired) electrons. The van der Waals surface area contributed by atoms with E-state index in [1.54, 1.807) is 86.8 Å². The van der Waals surface area contributed by atoms with Crippen molar-refractivity contribution in [2.45, 2.75) is 51.0 Å². The van der Waals surface area contributed by atoms with Gasteiger partial charge in [-0.25, -0.2) is 9.59 Å². The standard InChI is InChI=1S/C45H47N5O7/c1-32(35-25-27-38(55-2)28-26-35)49(42(52)40(36-20-11-5-12-21-36)37-22-13-6-14-23-37)39(24-15-29-48-43(46)47)41(51)50(44(53)56-30-33-16-7-3-8-17-33)45(54)57-31-34-18-9-4-10-19-34/h3-14,16-23,25-28,32,39-40H,15,24,29-31H2,1-2H3,(H4,46,47,48)/t32-,39+/m0/s1. The van der Waals surface area contributed by atoms with Crippen LogP contribution in [0.3, 0.4) is 0 Å². The van der Waals surface area contributed by atoms with Gasteiger partial charge in [0, 0.05) is 6.54 Å². The Bertz CT molecular complexity index is 1980. The van der Waals surface area contributed by atoms with E-state index in [1.807, 2.05) is 72.8 Å². The third-order valence-corrected chi connectivity index (χ3v) is 9.33. The Kier molecular flexibility index (Phi) is 14.9. The molecule has 0 unspecified atom stereocenters. The van der Waals surface area contributed by atoms with E-state index in [0.29, 0.717) is 38.5 Å². The molecular formula is C45H47N5O7. The summed E-state index contributed by atoms with van der Waals surface area (Å²) in [6.45, 7) is 1.41. The summed E-state index contributed by atoms with van der Waals surface area (Å²) in [7, 11) is 1.55. The minimum Gasteiger partial charge on any atom is -0.497 e. The number of nitrogens with zero attached hydrogens (tertiary/aromatic N) is 3. The van der Waals surface area contributed by atoms with Gasteiger partial charge in [-0.05, 0) is 59.7 Å². The Morgan fingerprint density at radius 2 is 1.07 bits per heavy atom. The number of carbonyl (C=O) groups is 4. The van der Waals surface area contributed by atoms with Gasteiger partial charge in [-0.1, -0.05) is 133 Å².